The number of anilines is 1. The summed E-state index contributed by atoms with van der Waals surface area (Å²) in [6, 6.07) is 5.00. The fraction of sp³-hybridized carbons (Fsp3) is 0.438. The topological polar surface area (TPSA) is 68.1 Å². The fourth-order valence-corrected chi connectivity index (χ4v) is 2.01. The second-order valence-electron chi connectivity index (χ2n) is 6.31. The van der Waals surface area contributed by atoms with E-state index in [0.717, 1.165) is 17.6 Å². The lowest BCUT2D eigenvalue weighted by molar-refractivity contribution is -0.383. The van der Waals surface area contributed by atoms with E-state index in [9.17, 15) is 10.1 Å². The van der Waals surface area contributed by atoms with Gasteiger partial charge in [0.25, 0.3) is 5.69 Å². The Kier molecular flexibility index (Phi) is 4.11. The maximum atomic E-state index is 11.1. The molecule has 0 saturated carbocycles. The summed E-state index contributed by atoms with van der Waals surface area (Å²) >= 11 is 0. The van der Waals surface area contributed by atoms with E-state index >= 15 is 0 Å². The van der Waals surface area contributed by atoms with Crippen molar-refractivity contribution < 1.29 is 4.92 Å². The molecule has 0 unspecified atom stereocenters. The predicted molar refractivity (Wildman–Crippen MR) is 85.5 cm³/mol. The second-order valence-corrected chi connectivity index (χ2v) is 6.31. The number of nitrogens with zero attached hydrogens (tertiary/aromatic N) is 2. The summed E-state index contributed by atoms with van der Waals surface area (Å²) in [5.41, 5.74) is 1.13. The highest BCUT2D eigenvalue weighted by Gasteiger charge is 2.22. The van der Waals surface area contributed by atoms with Gasteiger partial charge in [0.2, 0.25) is 0 Å². The smallest absolute Gasteiger partial charge is 0.277 e. The third-order valence-electron chi connectivity index (χ3n) is 4.29. The number of nitro benzene ring substituents is 1. The van der Waals surface area contributed by atoms with Crippen LogP contribution in [0, 0.1) is 21.4 Å². The molecule has 0 saturated heterocycles. The molecule has 0 aliphatic rings. The molecule has 5 nitrogen and oxygen atoms in total. The highest BCUT2D eigenvalue weighted by Crippen LogP contribution is 2.32. The van der Waals surface area contributed by atoms with Gasteiger partial charge in [-0.2, -0.15) is 0 Å². The number of benzene rings is 1. The van der Waals surface area contributed by atoms with Gasteiger partial charge in [0, 0.05) is 36.1 Å². The first-order valence-electron chi connectivity index (χ1n) is 7.08. The Hall–Kier alpha value is -2.17. The highest BCUT2D eigenvalue weighted by molar-refractivity contribution is 5.99. The summed E-state index contributed by atoms with van der Waals surface area (Å²) in [7, 11) is 0. The van der Waals surface area contributed by atoms with Gasteiger partial charge in [0.05, 0.1) is 10.3 Å². The lowest BCUT2D eigenvalue weighted by Gasteiger charge is -2.30. The average Bonchev–Trinajstić information content (AvgIpc) is 2.44. The molecule has 0 radical (unpaired) electrons. The van der Waals surface area contributed by atoms with Gasteiger partial charge in [0.15, 0.2) is 0 Å². The molecule has 0 bridgehead atoms. The van der Waals surface area contributed by atoms with Crippen LogP contribution in [0.2, 0.25) is 0 Å². The first-order chi connectivity index (χ1) is 9.83. The van der Waals surface area contributed by atoms with Crippen molar-refractivity contribution in [2.45, 2.75) is 27.7 Å². The number of nitrogens with one attached hydrogen (secondary N) is 1. The summed E-state index contributed by atoms with van der Waals surface area (Å²) in [6.45, 7) is 9.59. The lowest BCUT2D eigenvalue weighted by Crippen LogP contribution is -2.28. The number of pyridine rings is 1. The molecule has 1 heterocycles. The zero-order chi connectivity index (χ0) is 15.6. The Morgan fingerprint density at radius 3 is 2.62 bits per heavy atom. The summed E-state index contributed by atoms with van der Waals surface area (Å²) in [4.78, 5) is 14.8. The van der Waals surface area contributed by atoms with E-state index in [1.54, 1.807) is 30.6 Å². The molecule has 112 valence electrons. The summed E-state index contributed by atoms with van der Waals surface area (Å²) in [5.74, 6) is 0.535. The maximum absolute atomic E-state index is 11.1. The molecule has 5 heteroatoms. The van der Waals surface area contributed by atoms with Crippen molar-refractivity contribution in [2.75, 3.05) is 11.9 Å². The molecular weight excluding hydrogens is 266 g/mol. The molecule has 2 aromatic rings. The van der Waals surface area contributed by atoms with Crippen molar-refractivity contribution in [3.05, 3.63) is 40.7 Å². The summed E-state index contributed by atoms with van der Waals surface area (Å²) < 4.78 is 0. The number of rotatable bonds is 5. The predicted octanol–water partition coefficient (Wildman–Crippen LogP) is 4.24. The van der Waals surface area contributed by atoms with E-state index in [1.807, 2.05) is 0 Å². The highest BCUT2D eigenvalue weighted by atomic mass is 16.6. The van der Waals surface area contributed by atoms with Crippen LogP contribution in [0.3, 0.4) is 0 Å². The molecule has 0 spiro atoms. The van der Waals surface area contributed by atoms with Crippen molar-refractivity contribution in [3.8, 4) is 0 Å². The lowest BCUT2D eigenvalue weighted by atomic mass is 9.81. The average molecular weight is 287 g/mol. The van der Waals surface area contributed by atoms with Gasteiger partial charge in [-0.1, -0.05) is 27.7 Å². The maximum Gasteiger partial charge on any atom is 0.277 e. The first kappa shape index (κ1) is 15.2. The quantitative estimate of drug-likeness (QED) is 0.659. The molecular formula is C16H21N3O2. The van der Waals surface area contributed by atoms with E-state index in [2.05, 4.69) is 38.0 Å². The third kappa shape index (κ3) is 3.12. The SMILES string of the molecule is CC(C)C(C)(C)CNc1ccc([N+](=O)[O-])c2ccncc12. The molecule has 1 aromatic carbocycles. The van der Waals surface area contributed by atoms with Crippen molar-refractivity contribution in [1.29, 1.82) is 0 Å². The normalized spacial score (nSPS) is 11.9. The fourth-order valence-electron chi connectivity index (χ4n) is 2.01. The van der Waals surface area contributed by atoms with Gasteiger partial charge >= 0.3 is 0 Å². The minimum atomic E-state index is -0.357. The zero-order valence-corrected chi connectivity index (χ0v) is 12.9. The van der Waals surface area contributed by atoms with Gasteiger partial charge < -0.3 is 5.32 Å². The van der Waals surface area contributed by atoms with E-state index in [4.69, 9.17) is 0 Å². The van der Waals surface area contributed by atoms with Crippen LogP contribution < -0.4 is 5.32 Å². The number of nitro groups is 1. The number of hydrogen-bond acceptors (Lipinski definition) is 4. The monoisotopic (exact) mass is 287 g/mol. The third-order valence-corrected chi connectivity index (χ3v) is 4.29. The standard InChI is InChI=1S/C16H21N3O2/c1-11(2)16(3,4)10-18-14-5-6-15(19(20)21)12-7-8-17-9-13(12)14/h5-9,11,18H,10H2,1-4H3. The molecule has 0 atom stereocenters. The van der Waals surface area contributed by atoms with Gasteiger partial charge in [-0.05, 0) is 23.5 Å². The van der Waals surface area contributed by atoms with Crippen LogP contribution >= 0.6 is 0 Å². The minimum absolute atomic E-state index is 0.112. The number of hydrogen-bond donors (Lipinski definition) is 1. The molecule has 1 N–H and O–H groups in total. The van der Waals surface area contributed by atoms with E-state index in [-0.39, 0.29) is 16.0 Å². The van der Waals surface area contributed by atoms with Crippen LogP contribution in [0.5, 0.6) is 0 Å². The minimum Gasteiger partial charge on any atom is -0.384 e. The van der Waals surface area contributed by atoms with Crippen molar-refractivity contribution >= 4 is 22.1 Å². The van der Waals surface area contributed by atoms with Crippen LogP contribution in [-0.4, -0.2) is 16.5 Å². The Morgan fingerprint density at radius 2 is 2.00 bits per heavy atom. The van der Waals surface area contributed by atoms with Crippen molar-refractivity contribution in [3.63, 3.8) is 0 Å². The Labute approximate surface area is 124 Å². The molecule has 1 aromatic heterocycles. The number of aromatic nitrogens is 1. The van der Waals surface area contributed by atoms with Gasteiger partial charge in [-0.3, -0.25) is 15.1 Å². The van der Waals surface area contributed by atoms with Gasteiger partial charge in [-0.15, -0.1) is 0 Å². The molecule has 21 heavy (non-hydrogen) atoms. The van der Waals surface area contributed by atoms with Crippen molar-refractivity contribution in [2.24, 2.45) is 11.3 Å². The molecule has 0 fully saturated rings. The molecule has 0 amide bonds. The van der Waals surface area contributed by atoms with Crippen LogP contribution in [-0.2, 0) is 0 Å². The van der Waals surface area contributed by atoms with Crippen molar-refractivity contribution in [1.82, 2.24) is 4.98 Å². The Balaban J connectivity index is 2.38. The van der Waals surface area contributed by atoms with E-state index in [1.165, 1.54) is 0 Å². The number of non-ortho nitro benzene ring substituents is 1. The molecule has 0 aliphatic carbocycles. The van der Waals surface area contributed by atoms with Gasteiger partial charge in [0.1, 0.15) is 0 Å². The van der Waals surface area contributed by atoms with E-state index in [0.29, 0.717) is 11.3 Å². The molecule has 2 rings (SSSR count). The Bertz CT molecular complexity index is 666. The summed E-state index contributed by atoms with van der Waals surface area (Å²) in [6.07, 6.45) is 3.25. The van der Waals surface area contributed by atoms with Gasteiger partial charge in [-0.25, -0.2) is 0 Å². The second kappa shape index (κ2) is 5.68. The van der Waals surface area contributed by atoms with Crippen LogP contribution in [0.1, 0.15) is 27.7 Å². The van der Waals surface area contributed by atoms with E-state index < -0.39 is 0 Å². The summed E-state index contributed by atoms with van der Waals surface area (Å²) in [5, 5.41) is 15.9. The van der Waals surface area contributed by atoms with Crippen LogP contribution in [0.25, 0.3) is 10.8 Å². The van der Waals surface area contributed by atoms with Crippen LogP contribution in [0.4, 0.5) is 11.4 Å². The number of fused-ring (bicyclic) bond motifs is 1. The largest absolute Gasteiger partial charge is 0.384 e. The zero-order valence-electron chi connectivity index (χ0n) is 12.9. The Morgan fingerprint density at radius 1 is 1.29 bits per heavy atom. The first-order valence-corrected chi connectivity index (χ1v) is 7.08. The molecule has 0 aliphatic heterocycles. The van der Waals surface area contributed by atoms with Crippen LogP contribution in [0.15, 0.2) is 30.6 Å².